The van der Waals surface area contributed by atoms with Crippen LogP contribution in [0.1, 0.15) is 40.5 Å². The summed E-state index contributed by atoms with van der Waals surface area (Å²) in [5.74, 6) is 0.213. The Labute approximate surface area is 118 Å². The third-order valence-corrected chi connectivity index (χ3v) is 2.91. The van der Waals surface area contributed by atoms with Gasteiger partial charge in [-0.1, -0.05) is 11.6 Å². The number of aliphatic hydroxyl groups is 1. The molecular formula is C15H31NO3. The topological polar surface area (TPSA) is 41.9 Å². The fraction of sp³-hybridized carbons (Fsp3) is 0.867. The van der Waals surface area contributed by atoms with Crippen LogP contribution in [0.2, 0.25) is 0 Å². The van der Waals surface area contributed by atoms with E-state index in [1.807, 2.05) is 14.1 Å². The summed E-state index contributed by atoms with van der Waals surface area (Å²) in [6.45, 7) is 8.41. The lowest BCUT2D eigenvalue weighted by molar-refractivity contribution is -0.218. The van der Waals surface area contributed by atoms with Crippen molar-refractivity contribution in [2.24, 2.45) is 5.92 Å². The van der Waals surface area contributed by atoms with Gasteiger partial charge in [0.25, 0.3) is 0 Å². The Balaban J connectivity index is 4.81. The molecule has 0 aliphatic heterocycles. The molecule has 0 radical (unpaired) electrons. The van der Waals surface area contributed by atoms with E-state index in [4.69, 9.17) is 9.57 Å². The van der Waals surface area contributed by atoms with Crippen LogP contribution >= 0.6 is 0 Å². The fourth-order valence-corrected chi connectivity index (χ4v) is 2.38. The minimum absolute atomic E-state index is 0.0389. The van der Waals surface area contributed by atoms with Crippen molar-refractivity contribution in [3.05, 3.63) is 11.6 Å². The first-order chi connectivity index (χ1) is 8.71. The molecular weight excluding hydrogens is 242 g/mol. The molecule has 0 saturated heterocycles. The van der Waals surface area contributed by atoms with E-state index >= 15 is 0 Å². The number of allylic oxidation sites excluding steroid dienone is 1. The lowest BCUT2D eigenvalue weighted by Gasteiger charge is -2.34. The van der Waals surface area contributed by atoms with Gasteiger partial charge in [0, 0.05) is 40.2 Å². The van der Waals surface area contributed by atoms with Gasteiger partial charge >= 0.3 is 0 Å². The van der Waals surface area contributed by atoms with Gasteiger partial charge in [0.05, 0.1) is 11.7 Å². The van der Waals surface area contributed by atoms with E-state index in [0.29, 0.717) is 6.42 Å². The molecule has 0 heterocycles. The van der Waals surface area contributed by atoms with E-state index in [2.05, 4.69) is 33.8 Å². The molecule has 0 bridgehead atoms. The Hall–Kier alpha value is -0.420. The zero-order valence-corrected chi connectivity index (χ0v) is 13.6. The van der Waals surface area contributed by atoms with Crippen LogP contribution in [-0.2, 0) is 9.57 Å². The summed E-state index contributed by atoms with van der Waals surface area (Å²) >= 11 is 0. The van der Waals surface area contributed by atoms with Crippen LogP contribution in [0.4, 0.5) is 0 Å². The van der Waals surface area contributed by atoms with E-state index in [-0.39, 0.29) is 24.2 Å². The van der Waals surface area contributed by atoms with Gasteiger partial charge in [0.1, 0.15) is 0 Å². The highest BCUT2D eigenvalue weighted by atomic mass is 16.7. The molecule has 0 amide bonds. The van der Waals surface area contributed by atoms with Gasteiger partial charge in [-0.3, -0.25) is 4.84 Å². The van der Waals surface area contributed by atoms with E-state index in [9.17, 15) is 5.11 Å². The van der Waals surface area contributed by atoms with Gasteiger partial charge in [0.2, 0.25) is 0 Å². The molecule has 0 aliphatic carbocycles. The van der Waals surface area contributed by atoms with Crippen molar-refractivity contribution in [2.75, 3.05) is 27.8 Å². The summed E-state index contributed by atoms with van der Waals surface area (Å²) in [4.78, 5) is 5.77. The third kappa shape index (κ3) is 8.37. The quantitative estimate of drug-likeness (QED) is 0.518. The van der Waals surface area contributed by atoms with E-state index in [1.54, 1.807) is 12.2 Å². The molecule has 114 valence electrons. The molecule has 0 aromatic heterocycles. The molecule has 0 rings (SSSR count). The average Bonchev–Trinajstić information content (AvgIpc) is 2.23. The highest BCUT2D eigenvalue weighted by Gasteiger charge is 2.29. The first-order valence-corrected chi connectivity index (χ1v) is 6.87. The normalized spacial score (nSPS) is 15.4. The van der Waals surface area contributed by atoms with Crippen LogP contribution in [0.25, 0.3) is 0 Å². The second-order valence-corrected chi connectivity index (χ2v) is 6.06. The lowest BCUT2D eigenvalue weighted by atomic mass is 9.88. The molecule has 2 unspecified atom stereocenters. The largest absolute Gasteiger partial charge is 0.396 e. The molecule has 19 heavy (non-hydrogen) atoms. The molecule has 0 aromatic rings. The fourth-order valence-electron chi connectivity index (χ4n) is 2.38. The summed E-state index contributed by atoms with van der Waals surface area (Å²) in [6.07, 6.45) is 3.70. The number of hydroxylamine groups is 2. The zero-order chi connectivity index (χ0) is 15.1. The molecule has 0 spiro atoms. The number of nitrogens with zero attached hydrogens (tertiary/aromatic N) is 1. The number of aliphatic hydroxyl groups excluding tert-OH is 1. The second-order valence-electron chi connectivity index (χ2n) is 6.06. The highest BCUT2D eigenvalue weighted by Crippen LogP contribution is 2.26. The van der Waals surface area contributed by atoms with Gasteiger partial charge in [0.15, 0.2) is 0 Å². The maximum absolute atomic E-state index is 9.21. The van der Waals surface area contributed by atoms with E-state index in [1.165, 1.54) is 5.57 Å². The Bertz CT molecular complexity index is 271. The summed E-state index contributed by atoms with van der Waals surface area (Å²) in [5.41, 5.74) is 0.944. The maximum atomic E-state index is 9.21. The first kappa shape index (κ1) is 18.6. The van der Waals surface area contributed by atoms with Crippen molar-refractivity contribution in [1.82, 2.24) is 5.06 Å². The van der Waals surface area contributed by atoms with Gasteiger partial charge in [-0.05, 0) is 34.1 Å². The standard InChI is InChI=1S/C15H31NO3/c1-12(2)10-13(8-9-17)14(18-7)11-15(3,4)19-16(5)6/h10,13-14,17H,8-9,11H2,1-7H3. The number of ether oxygens (including phenoxy) is 1. The number of hydrogen-bond acceptors (Lipinski definition) is 4. The molecule has 0 aliphatic rings. The van der Waals surface area contributed by atoms with Crippen molar-refractivity contribution in [2.45, 2.75) is 52.2 Å². The summed E-state index contributed by atoms with van der Waals surface area (Å²) < 4.78 is 5.63. The molecule has 0 fully saturated rings. The Morgan fingerprint density at radius 1 is 1.32 bits per heavy atom. The molecule has 2 atom stereocenters. The van der Waals surface area contributed by atoms with Crippen LogP contribution in [0.15, 0.2) is 11.6 Å². The van der Waals surface area contributed by atoms with Crippen molar-refractivity contribution in [1.29, 1.82) is 0 Å². The number of hydrogen-bond donors (Lipinski definition) is 1. The van der Waals surface area contributed by atoms with Crippen LogP contribution in [0.3, 0.4) is 0 Å². The SMILES string of the molecule is COC(CC(C)(C)ON(C)C)C(C=C(C)C)CCO. The summed E-state index contributed by atoms with van der Waals surface area (Å²) in [5, 5.41) is 10.9. The maximum Gasteiger partial charge on any atom is 0.0868 e. The zero-order valence-electron chi connectivity index (χ0n) is 13.6. The lowest BCUT2D eigenvalue weighted by Crippen LogP contribution is -2.38. The minimum atomic E-state index is -0.298. The smallest absolute Gasteiger partial charge is 0.0868 e. The predicted molar refractivity (Wildman–Crippen MR) is 78.9 cm³/mol. The van der Waals surface area contributed by atoms with Crippen LogP contribution in [0.5, 0.6) is 0 Å². The van der Waals surface area contributed by atoms with Crippen molar-refractivity contribution in [3.63, 3.8) is 0 Å². The van der Waals surface area contributed by atoms with Gasteiger partial charge in [-0.15, -0.1) is 0 Å². The number of methoxy groups -OCH3 is 1. The van der Waals surface area contributed by atoms with Gasteiger partial charge in [-0.25, -0.2) is 0 Å². The van der Waals surface area contributed by atoms with Crippen LogP contribution in [0, 0.1) is 5.92 Å². The van der Waals surface area contributed by atoms with Crippen molar-refractivity contribution < 1.29 is 14.7 Å². The van der Waals surface area contributed by atoms with Crippen molar-refractivity contribution in [3.8, 4) is 0 Å². The summed E-state index contributed by atoms with van der Waals surface area (Å²) in [7, 11) is 5.48. The van der Waals surface area contributed by atoms with E-state index in [0.717, 1.165) is 6.42 Å². The molecule has 4 nitrogen and oxygen atoms in total. The minimum Gasteiger partial charge on any atom is -0.396 e. The van der Waals surface area contributed by atoms with Crippen molar-refractivity contribution >= 4 is 0 Å². The highest BCUT2D eigenvalue weighted by molar-refractivity contribution is 5.00. The summed E-state index contributed by atoms with van der Waals surface area (Å²) in [6, 6.07) is 0. The monoisotopic (exact) mass is 273 g/mol. The Kier molecular flexibility index (Phi) is 8.50. The Morgan fingerprint density at radius 3 is 2.26 bits per heavy atom. The molecule has 0 aromatic carbocycles. The second kappa shape index (κ2) is 8.69. The average molecular weight is 273 g/mol. The molecule has 1 N–H and O–H groups in total. The van der Waals surface area contributed by atoms with Crippen LogP contribution < -0.4 is 0 Å². The third-order valence-electron chi connectivity index (χ3n) is 2.91. The predicted octanol–water partition coefficient (Wildman–Crippen LogP) is 2.63. The Morgan fingerprint density at radius 2 is 1.89 bits per heavy atom. The first-order valence-electron chi connectivity index (χ1n) is 6.87. The van der Waals surface area contributed by atoms with Crippen LogP contribution in [-0.4, -0.2) is 49.7 Å². The van der Waals surface area contributed by atoms with E-state index < -0.39 is 0 Å². The number of rotatable bonds is 9. The van der Waals surface area contributed by atoms with Gasteiger partial charge in [-0.2, -0.15) is 5.06 Å². The molecule has 4 heteroatoms. The molecule has 0 saturated carbocycles. The van der Waals surface area contributed by atoms with Gasteiger partial charge < -0.3 is 9.84 Å².